The van der Waals surface area contributed by atoms with Crippen molar-refractivity contribution in [3.05, 3.63) is 101 Å². The maximum atomic E-state index is 13.7. The number of alkyl halides is 2. The molecule has 4 aliphatic rings. The van der Waals surface area contributed by atoms with Gasteiger partial charge < -0.3 is 0 Å². The molecular formula is C24H15Br2N3O3. The highest BCUT2D eigenvalue weighted by Crippen LogP contribution is 2.70. The average molecular weight is 553 g/mol. The van der Waals surface area contributed by atoms with Crippen LogP contribution in [0.2, 0.25) is 0 Å². The van der Waals surface area contributed by atoms with Crippen LogP contribution in [0.15, 0.2) is 73.1 Å². The number of benzene rings is 2. The third-order valence-corrected chi connectivity index (χ3v) is 9.42. The summed E-state index contributed by atoms with van der Waals surface area (Å²) in [5.41, 5.74) is 6.56. The number of aromatic nitrogens is 1. The van der Waals surface area contributed by atoms with E-state index in [-0.39, 0.29) is 5.56 Å². The molecule has 1 saturated heterocycles. The zero-order valence-electron chi connectivity index (χ0n) is 16.5. The summed E-state index contributed by atoms with van der Waals surface area (Å²) in [6.45, 7) is 0. The Hall–Kier alpha value is -2.84. The van der Waals surface area contributed by atoms with Crippen molar-refractivity contribution in [2.75, 3.05) is 0 Å². The number of imide groups is 1. The number of carbonyl (C=O) groups excluding carboxylic acids is 3. The lowest BCUT2D eigenvalue weighted by atomic mass is 9.54. The number of rotatable bonds is 2. The molecule has 0 unspecified atom stereocenters. The molecule has 2 heterocycles. The highest BCUT2D eigenvalue weighted by molar-refractivity contribution is 9.10. The first-order chi connectivity index (χ1) is 15.4. The van der Waals surface area contributed by atoms with E-state index in [1.807, 2.05) is 48.5 Å². The van der Waals surface area contributed by atoms with Gasteiger partial charge in [-0.05, 0) is 34.4 Å². The summed E-state index contributed by atoms with van der Waals surface area (Å²) in [5, 5.41) is 0.883. The van der Waals surface area contributed by atoms with Crippen molar-refractivity contribution in [2.24, 2.45) is 11.8 Å². The predicted octanol–water partition coefficient (Wildman–Crippen LogP) is 3.63. The molecule has 158 valence electrons. The molecule has 3 amide bonds. The van der Waals surface area contributed by atoms with Crippen molar-refractivity contribution < 1.29 is 14.4 Å². The molecule has 1 aliphatic heterocycles. The Morgan fingerprint density at radius 1 is 0.812 bits per heavy atom. The second kappa shape index (κ2) is 6.59. The molecule has 32 heavy (non-hydrogen) atoms. The number of hydrogen-bond donors (Lipinski definition) is 1. The van der Waals surface area contributed by atoms with Crippen LogP contribution in [0.1, 0.15) is 32.6 Å². The number of nitrogens with one attached hydrogen (secondary N) is 1. The Bertz CT molecular complexity index is 1210. The average Bonchev–Trinajstić information content (AvgIpc) is 3.09. The van der Waals surface area contributed by atoms with Crippen LogP contribution in [0.5, 0.6) is 0 Å². The van der Waals surface area contributed by atoms with E-state index in [1.165, 1.54) is 6.20 Å². The van der Waals surface area contributed by atoms with Gasteiger partial charge >= 0.3 is 0 Å². The lowest BCUT2D eigenvalue weighted by Gasteiger charge is -2.55. The van der Waals surface area contributed by atoms with Gasteiger partial charge in [0, 0.05) is 12.4 Å². The summed E-state index contributed by atoms with van der Waals surface area (Å²) in [4.78, 5) is 44.1. The Labute approximate surface area is 200 Å². The van der Waals surface area contributed by atoms with Gasteiger partial charge in [-0.2, -0.15) is 5.01 Å². The third-order valence-electron chi connectivity index (χ3n) is 6.72. The van der Waals surface area contributed by atoms with Gasteiger partial charge in [-0.25, -0.2) is 0 Å². The zero-order chi connectivity index (χ0) is 22.3. The minimum absolute atomic E-state index is 0.264. The number of hydrogen-bond acceptors (Lipinski definition) is 4. The molecular weight excluding hydrogens is 538 g/mol. The SMILES string of the molecule is O=C(NN1C(=O)[C@@H]2[C@H](C1=O)C1(Br)c3ccccc3C2(Br)c2ccccc21)c1cccnc1. The van der Waals surface area contributed by atoms with Crippen LogP contribution in [-0.2, 0) is 18.2 Å². The monoisotopic (exact) mass is 551 g/mol. The molecule has 2 aromatic carbocycles. The van der Waals surface area contributed by atoms with Gasteiger partial charge in [0.05, 0.1) is 26.0 Å². The molecule has 7 rings (SSSR count). The number of amides is 3. The van der Waals surface area contributed by atoms with Gasteiger partial charge in [0.25, 0.3) is 17.7 Å². The van der Waals surface area contributed by atoms with Crippen molar-refractivity contribution in [2.45, 2.75) is 8.65 Å². The van der Waals surface area contributed by atoms with Crippen LogP contribution in [0, 0.1) is 11.8 Å². The van der Waals surface area contributed by atoms with Gasteiger partial charge in [-0.1, -0.05) is 80.4 Å². The molecule has 1 fully saturated rings. The van der Waals surface area contributed by atoms with Crippen LogP contribution in [0.3, 0.4) is 0 Å². The van der Waals surface area contributed by atoms with Gasteiger partial charge in [-0.15, -0.1) is 0 Å². The maximum Gasteiger partial charge on any atom is 0.271 e. The fraction of sp³-hybridized carbons (Fsp3) is 0.167. The number of halogens is 2. The van der Waals surface area contributed by atoms with E-state index < -0.39 is 38.2 Å². The van der Waals surface area contributed by atoms with Crippen molar-refractivity contribution >= 4 is 49.6 Å². The fourth-order valence-electron chi connectivity index (χ4n) is 5.44. The summed E-state index contributed by atoms with van der Waals surface area (Å²) in [7, 11) is 0. The van der Waals surface area contributed by atoms with Crippen molar-refractivity contribution in [3.8, 4) is 0 Å². The third kappa shape index (κ3) is 2.24. The topological polar surface area (TPSA) is 79.4 Å². The minimum Gasteiger partial charge on any atom is -0.272 e. The largest absolute Gasteiger partial charge is 0.272 e. The van der Waals surface area contributed by atoms with Crippen LogP contribution in [-0.4, -0.2) is 27.7 Å². The predicted molar refractivity (Wildman–Crippen MR) is 123 cm³/mol. The van der Waals surface area contributed by atoms with Crippen molar-refractivity contribution in [1.29, 1.82) is 0 Å². The minimum atomic E-state index is -0.888. The van der Waals surface area contributed by atoms with Crippen LogP contribution in [0.25, 0.3) is 0 Å². The van der Waals surface area contributed by atoms with E-state index in [1.54, 1.807) is 18.3 Å². The maximum absolute atomic E-state index is 13.7. The summed E-state index contributed by atoms with van der Waals surface area (Å²) in [5.74, 6) is -2.90. The van der Waals surface area contributed by atoms with E-state index in [0.29, 0.717) is 0 Å². The molecule has 2 atom stereocenters. The first kappa shape index (κ1) is 19.8. The molecule has 1 aromatic heterocycles. The molecule has 6 nitrogen and oxygen atoms in total. The standard InChI is InChI=1S/C24H15Br2N3O3/c25-23-14-7-1-2-8-15(14)24(26,17-10-4-3-9-16(17)23)19-18(23)21(31)29(22(19)32)28-20(30)13-6-5-11-27-12-13/h1-12,18-19H,(H,28,30)/t18-,19+,23?,24?. The van der Waals surface area contributed by atoms with Gasteiger partial charge in [-0.3, -0.25) is 24.8 Å². The van der Waals surface area contributed by atoms with Crippen molar-refractivity contribution in [3.63, 3.8) is 0 Å². The number of carbonyl (C=O) groups is 3. The van der Waals surface area contributed by atoms with E-state index in [9.17, 15) is 14.4 Å². The first-order valence-electron chi connectivity index (χ1n) is 10.1. The van der Waals surface area contributed by atoms with E-state index in [4.69, 9.17) is 0 Å². The van der Waals surface area contributed by atoms with Gasteiger partial charge in [0.1, 0.15) is 0 Å². The Balaban J connectivity index is 1.52. The first-order valence-corrected chi connectivity index (χ1v) is 11.7. The molecule has 0 radical (unpaired) electrons. The molecule has 8 heteroatoms. The normalized spacial score (nSPS) is 29.4. The smallest absolute Gasteiger partial charge is 0.271 e. The highest BCUT2D eigenvalue weighted by atomic mass is 79.9. The number of hydrazine groups is 1. The number of nitrogens with zero attached hydrogens (tertiary/aromatic N) is 2. The van der Waals surface area contributed by atoms with Crippen LogP contribution >= 0.6 is 31.9 Å². The molecule has 3 aromatic rings. The molecule has 0 saturated carbocycles. The second-order valence-electron chi connectivity index (χ2n) is 8.16. The summed E-state index contributed by atoms with van der Waals surface area (Å²) in [6.07, 6.45) is 2.94. The Morgan fingerprint density at radius 2 is 1.28 bits per heavy atom. The zero-order valence-corrected chi connectivity index (χ0v) is 19.6. The molecule has 1 N–H and O–H groups in total. The summed E-state index contributed by atoms with van der Waals surface area (Å²) >= 11 is 7.85. The number of pyridine rings is 1. The Kier molecular flexibility index (Phi) is 4.08. The molecule has 0 spiro atoms. The molecule has 2 bridgehead atoms. The van der Waals surface area contributed by atoms with Crippen molar-refractivity contribution in [1.82, 2.24) is 15.4 Å². The van der Waals surface area contributed by atoms with Crippen LogP contribution < -0.4 is 5.43 Å². The summed E-state index contributed by atoms with van der Waals surface area (Å²) < 4.78 is -1.78. The van der Waals surface area contributed by atoms with Gasteiger partial charge in [0.15, 0.2) is 0 Å². The van der Waals surface area contributed by atoms with E-state index in [0.717, 1.165) is 27.3 Å². The fourth-order valence-corrected chi connectivity index (χ4v) is 7.74. The second-order valence-corrected chi connectivity index (χ2v) is 10.7. The van der Waals surface area contributed by atoms with Gasteiger partial charge in [0.2, 0.25) is 0 Å². The van der Waals surface area contributed by atoms with E-state index in [2.05, 4.69) is 42.3 Å². The lowest BCUT2D eigenvalue weighted by molar-refractivity contribution is -0.142. The Morgan fingerprint density at radius 3 is 1.69 bits per heavy atom. The highest BCUT2D eigenvalue weighted by Gasteiger charge is 2.72. The van der Waals surface area contributed by atoms with Crippen LogP contribution in [0.4, 0.5) is 0 Å². The molecule has 3 aliphatic carbocycles. The quantitative estimate of drug-likeness (QED) is 0.389. The lowest BCUT2D eigenvalue weighted by Crippen LogP contribution is -2.56. The summed E-state index contributed by atoms with van der Waals surface area (Å²) in [6, 6.07) is 18.9. The van der Waals surface area contributed by atoms with E-state index >= 15 is 0 Å².